The molecule has 1 aliphatic heterocycles. The summed E-state index contributed by atoms with van der Waals surface area (Å²) in [5.41, 5.74) is 10.4. The summed E-state index contributed by atoms with van der Waals surface area (Å²) < 4.78 is 0. The van der Waals surface area contributed by atoms with Crippen LogP contribution in [0.3, 0.4) is 0 Å². The van der Waals surface area contributed by atoms with Gasteiger partial charge in [-0.1, -0.05) is 0 Å². The fraction of sp³-hybridized carbons (Fsp3) is 0.875. The van der Waals surface area contributed by atoms with Gasteiger partial charge in [0, 0.05) is 19.6 Å². The molecule has 0 aromatic rings. The second kappa shape index (κ2) is 4.55. The third kappa shape index (κ3) is 2.95. The molecule has 2 atom stereocenters. The maximum atomic E-state index is 10.8. The number of nitrogens with two attached hydrogens (primary N) is 2. The van der Waals surface area contributed by atoms with Crippen molar-refractivity contribution < 1.29 is 9.90 Å². The van der Waals surface area contributed by atoms with Gasteiger partial charge in [0.05, 0.1) is 12.0 Å². The number of carbonyl (C=O) groups is 1. The molecule has 0 aliphatic carbocycles. The molecule has 1 aliphatic rings. The van der Waals surface area contributed by atoms with E-state index in [1.807, 2.05) is 4.90 Å². The molecule has 1 saturated heterocycles. The van der Waals surface area contributed by atoms with Crippen LogP contribution in [0.25, 0.3) is 0 Å². The van der Waals surface area contributed by atoms with E-state index in [0.717, 1.165) is 13.0 Å². The molecular formula is C8H17N3O2. The molecule has 1 amide bonds. The zero-order valence-corrected chi connectivity index (χ0v) is 7.65. The first-order valence-electron chi connectivity index (χ1n) is 4.53. The Morgan fingerprint density at radius 3 is 2.85 bits per heavy atom. The molecule has 5 heteroatoms. The van der Waals surface area contributed by atoms with Gasteiger partial charge in [-0.25, -0.2) is 0 Å². The van der Waals surface area contributed by atoms with Gasteiger partial charge in [-0.15, -0.1) is 0 Å². The zero-order chi connectivity index (χ0) is 9.84. The van der Waals surface area contributed by atoms with E-state index in [2.05, 4.69) is 0 Å². The highest BCUT2D eigenvalue weighted by molar-refractivity contribution is 5.77. The predicted molar refractivity (Wildman–Crippen MR) is 48.8 cm³/mol. The Hall–Kier alpha value is -0.650. The minimum absolute atomic E-state index is 0.0509. The number of hydrogen-bond acceptors (Lipinski definition) is 4. The van der Waals surface area contributed by atoms with E-state index in [-0.39, 0.29) is 18.4 Å². The summed E-state index contributed by atoms with van der Waals surface area (Å²) in [6.07, 6.45) is 0.304. The molecule has 1 heterocycles. The lowest BCUT2D eigenvalue weighted by molar-refractivity contribution is -0.121. The standard InChI is InChI=1S/C8H17N3O2/c9-3-7(12)5-11-2-1-6(4-11)8(10)13/h6-7,12H,1-5,9H2,(H2,10,13). The Morgan fingerprint density at radius 1 is 1.69 bits per heavy atom. The van der Waals surface area contributed by atoms with Crippen LogP contribution in [-0.2, 0) is 4.79 Å². The highest BCUT2D eigenvalue weighted by Crippen LogP contribution is 2.15. The molecule has 13 heavy (non-hydrogen) atoms. The van der Waals surface area contributed by atoms with E-state index in [4.69, 9.17) is 11.5 Å². The highest BCUT2D eigenvalue weighted by atomic mass is 16.3. The van der Waals surface area contributed by atoms with Gasteiger partial charge < -0.3 is 16.6 Å². The Kier molecular flexibility index (Phi) is 3.65. The first-order valence-corrected chi connectivity index (χ1v) is 4.53. The SMILES string of the molecule is NCC(O)CN1CCC(C(N)=O)C1. The summed E-state index contributed by atoms with van der Waals surface area (Å²) in [5.74, 6) is -0.297. The number of hydrogen-bond donors (Lipinski definition) is 3. The van der Waals surface area contributed by atoms with Crippen molar-refractivity contribution in [2.45, 2.75) is 12.5 Å². The molecule has 0 aromatic heterocycles. The van der Waals surface area contributed by atoms with E-state index in [0.29, 0.717) is 13.1 Å². The minimum Gasteiger partial charge on any atom is -0.390 e. The molecule has 76 valence electrons. The number of carbonyl (C=O) groups excluding carboxylic acids is 1. The summed E-state index contributed by atoms with van der Waals surface area (Å²) in [6.45, 7) is 2.29. The average Bonchev–Trinajstić information content (AvgIpc) is 2.52. The number of aliphatic hydroxyl groups excluding tert-OH is 1. The molecule has 0 spiro atoms. The third-order valence-corrected chi connectivity index (χ3v) is 2.42. The van der Waals surface area contributed by atoms with Gasteiger partial charge in [-0.2, -0.15) is 0 Å². The van der Waals surface area contributed by atoms with Gasteiger partial charge >= 0.3 is 0 Å². The van der Waals surface area contributed by atoms with Crippen molar-refractivity contribution in [2.75, 3.05) is 26.2 Å². The van der Waals surface area contributed by atoms with Crippen molar-refractivity contribution >= 4 is 5.91 Å². The minimum atomic E-state index is -0.494. The molecule has 5 nitrogen and oxygen atoms in total. The van der Waals surface area contributed by atoms with Crippen LogP contribution < -0.4 is 11.5 Å². The van der Waals surface area contributed by atoms with Gasteiger partial charge in [-0.3, -0.25) is 9.69 Å². The third-order valence-electron chi connectivity index (χ3n) is 2.42. The maximum absolute atomic E-state index is 10.8. The topological polar surface area (TPSA) is 92.6 Å². The summed E-state index contributed by atoms with van der Waals surface area (Å²) in [5, 5.41) is 9.26. The van der Waals surface area contributed by atoms with E-state index in [1.165, 1.54) is 0 Å². The van der Waals surface area contributed by atoms with Crippen molar-refractivity contribution in [1.82, 2.24) is 4.90 Å². The lowest BCUT2D eigenvalue weighted by Crippen LogP contribution is -2.36. The Balaban J connectivity index is 2.29. The maximum Gasteiger partial charge on any atom is 0.221 e. The van der Waals surface area contributed by atoms with Crippen molar-refractivity contribution in [3.05, 3.63) is 0 Å². The van der Waals surface area contributed by atoms with Gasteiger partial charge in [-0.05, 0) is 13.0 Å². The second-order valence-electron chi connectivity index (χ2n) is 3.54. The Labute approximate surface area is 77.7 Å². The Morgan fingerprint density at radius 2 is 2.38 bits per heavy atom. The van der Waals surface area contributed by atoms with Crippen molar-refractivity contribution in [3.8, 4) is 0 Å². The van der Waals surface area contributed by atoms with Gasteiger partial charge in [0.1, 0.15) is 0 Å². The normalized spacial score (nSPS) is 26.2. The van der Waals surface area contributed by atoms with Crippen molar-refractivity contribution in [1.29, 1.82) is 0 Å². The number of β-amino-alcohol motifs (C(OH)–C–C–N with tert-alkyl or cyclic N) is 1. The number of aliphatic hydroxyl groups is 1. The van der Waals surface area contributed by atoms with Crippen LogP contribution in [0.1, 0.15) is 6.42 Å². The predicted octanol–water partition coefficient (Wildman–Crippen LogP) is -1.89. The van der Waals surface area contributed by atoms with Crippen LogP contribution in [0.5, 0.6) is 0 Å². The molecule has 1 fully saturated rings. The molecule has 0 bridgehead atoms. The van der Waals surface area contributed by atoms with E-state index in [1.54, 1.807) is 0 Å². The van der Waals surface area contributed by atoms with Gasteiger partial charge in [0.15, 0.2) is 0 Å². The smallest absolute Gasteiger partial charge is 0.221 e. The Bertz CT molecular complexity index is 186. The fourth-order valence-electron chi connectivity index (χ4n) is 1.60. The van der Waals surface area contributed by atoms with Crippen LogP contribution >= 0.6 is 0 Å². The van der Waals surface area contributed by atoms with Gasteiger partial charge in [0.2, 0.25) is 5.91 Å². The molecule has 0 saturated carbocycles. The average molecular weight is 187 g/mol. The van der Waals surface area contributed by atoms with E-state index in [9.17, 15) is 9.90 Å². The van der Waals surface area contributed by atoms with Gasteiger partial charge in [0.25, 0.3) is 0 Å². The monoisotopic (exact) mass is 187 g/mol. The van der Waals surface area contributed by atoms with Crippen LogP contribution in [-0.4, -0.2) is 48.2 Å². The summed E-state index contributed by atoms with van der Waals surface area (Å²) in [6, 6.07) is 0. The van der Waals surface area contributed by atoms with E-state index >= 15 is 0 Å². The highest BCUT2D eigenvalue weighted by Gasteiger charge is 2.27. The number of likely N-dealkylation sites (tertiary alicyclic amines) is 1. The zero-order valence-electron chi connectivity index (χ0n) is 7.65. The van der Waals surface area contributed by atoms with E-state index < -0.39 is 6.10 Å². The van der Waals surface area contributed by atoms with Crippen molar-refractivity contribution in [2.24, 2.45) is 17.4 Å². The number of amides is 1. The quantitative estimate of drug-likeness (QED) is 0.480. The molecule has 0 aromatic carbocycles. The summed E-state index contributed by atoms with van der Waals surface area (Å²) in [7, 11) is 0. The van der Waals surface area contributed by atoms with Crippen molar-refractivity contribution in [3.63, 3.8) is 0 Å². The molecule has 1 rings (SSSR count). The van der Waals surface area contributed by atoms with Crippen LogP contribution in [0, 0.1) is 5.92 Å². The largest absolute Gasteiger partial charge is 0.390 e. The lowest BCUT2D eigenvalue weighted by atomic mass is 10.1. The first-order chi connectivity index (χ1) is 6.13. The fourth-order valence-corrected chi connectivity index (χ4v) is 1.60. The number of nitrogens with zero attached hydrogens (tertiary/aromatic N) is 1. The number of rotatable bonds is 4. The lowest BCUT2D eigenvalue weighted by Gasteiger charge is -2.18. The molecular weight excluding hydrogens is 170 g/mol. The second-order valence-corrected chi connectivity index (χ2v) is 3.54. The van der Waals surface area contributed by atoms with Crippen LogP contribution in [0.15, 0.2) is 0 Å². The summed E-state index contributed by atoms with van der Waals surface area (Å²) in [4.78, 5) is 12.8. The molecule has 5 N–H and O–H groups in total. The summed E-state index contributed by atoms with van der Waals surface area (Å²) >= 11 is 0. The van der Waals surface area contributed by atoms with Crippen LogP contribution in [0.2, 0.25) is 0 Å². The first kappa shape index (κ1) is 10.4. The molecule has 0 radical (unpaired) electrons. The van der Waals surface area contributed by atoms with Crippen LogP contribution in [0.4, 0.5) is 0 Å². The molecule has 2 unspecified atom stereocenters. The number of primary amides is 1.